The Bertz CT molecular complexity index is 1410. The topological polar surface area (TPSA) is 113 Å². The van der Waals surface area contributed by atoms with Gasteiger partial charge < -0.3 is 19.9 Å². The first-order chi connectivity index (χ1) is 16.2. The minimum Gasteiger partial charge on any atom is -0.441 e. The molecule has 10 heteroatoms. The standard InChI is InChI=1S/C24H31N7O3/c1-5-30-19-20(26-22(30)29-12-8-9-15(25)13-29)28(4)23(33)31(21(19)32)14-18-27-24(2,3)16-10-6-7-11-17(16)34-18/h6-7,10-11,15H,5,8-9,12-14,25H2,1-4H3. The van der Waals surface area contributed by atoms with E-state index in [0.29, 0.717) is 41.8 Å². The molecule has 5 rings (SSSR count). The average molecular weight is 466 g/mol. The van der Waals surface area contributed by atoms with Crippen LogP contribution in [0.25, 0.3) is 11.2 Å². The lowest BCUT2D eigenvalue weighted by Gasteiger charge is -2.31. The number of ether oxygens (including phenoxy) is 1. The first kappa shape index (κ1) is 22.4. The Balaban J connectivity index is 1.61. The highest BCUT2D eigenvalue weighted by molar-refractivity contribution is 5.82. The summed E-state index contributed by atoms with van der Waals surface area (Å²) < 4.78 is 10.5. The highest BCUT2D eigenvalue weighted by Crippen LogP contribution is 2.36. The highest BCUT2D eigenvalue weighted by atomic mass is 16.5. The summed E-state index contributed by atoms with van der Waals surface area (Å²) in [4.78, 5) is 38.5. The second-order valence-corrected chi connectivity index (χ2v) is 9.57. The molecule has 2 N–H and O–H groups in total. The van der Waals surface area contributed by atoms with Gasteiger partial charge in [-0.25, -0.2) is 14.4 Å². The summed E-state index contributed by atoms with van der Waals surface area (Å²) in [5.74, 6) is 1.69. The van der Waals surface area contributed by atoms with E-state index in [9.17, 15) is 9.59 Å². The van der Waals surface area contributed by atoms with E-state index in [-0.39, 0.29) is 12.6 Å². The number of rotatable bonds is 4. The number of aromatic nitrogens is 4. The van der Waals surface area contributed by atoms with Crippen molar-refractivity contribution in [1.82, 2.24) is 18.7 Å². The van der Waals surface area contributed by atoms with Crippen molar-refractivity contribution >= 4 is 23.0 Å². The smallest absolute Gasteiger partial charge is 0.332 e. The number of nitrogens with zero attached hydrogens (tertiary/aromatic N) is 6. The summed E-state index contributed by atoms with van der Waals surface area (Å²) in [5, 5.41) is 0. The molecule has 0 amide bonds. The Labute approximate surface area is 197 Å². The predicted octanol–water partition coefficient (Wildman–Crippen LogP) is 1.57. The maximum atomic E-state index is 13.7. The normalized spacial score (nSPS) is 19.6. The number of piperidine rings is 1. The summed E-state index contributed by atoms with van der Waals surface area (Å²) in [6.07, 6.45) is 1.93. The largest absolute Gasteiger partial charge is 0.441 e. The number of imidazole rings is 1. The fourth-order valence-electron chi connectivity index (χ4n) is 5.02. The monoisotopic (exact) mass is 465 g/mol. The van der Waals surface area contributed by atoms with Gasteiger partial charge in [-0.1, -0.05) is 18.2 Å². The van der Waals surface area contributed by atoms with Crippen molar-refractivity contribution in [1.29, 1.82) is 0 Å². The third-order valence-electron chi connectivity index (χ3n) is 6.74. The Morgan fingerprint density at radius 2 is 1.97 bits per heavy atom. The molecule has 0 spiro atoms. The molecule has 0 saturated carbocycles. The molecule has 0 aliphatic carbocycles. The number of hydrogen-bond acceptors (Lipinski definition) is 7. The van der Waals surface area contributed by atoms with E-state index in [4.69, 9.17) is 20.4 Å². The van der Waals surface area contributed by atoms with Gasteiger partial charge >= 0.3 is 5.69 Å². The second kappa shape index (κ2) is 8.12. The van der Waals surface area contributed by atoms with Crippen molar-refractivity contribution in [2.45, 2.75) is 58.3 Å². The summed E-state index contributed by atoms with van der Waals surface area (Å²) >= 11 is 0. The lowest BCUT2D eigenvalue weighted by atomic mass is 9.93. The molecule has 2 aliphatic rings. The number of benzene rings is 1. The third kappa shape index (κ3) is 3.53. The SMILES string of the molecule is CCn1c(N2CCCC(N)C2)nc2c1c(=O)n(CC1=NC(C)(C)c3ccccc3O1)c(=O)n2C. The van der Waals surface area contributed by atoms with Gasteiger partial charge in [-0.05, 0) is 39.7 Å². The van der Waals surface area contributed by atoms with Crippen LogP contribution in [0.4, 0.5) is 5.95 Å². The first-order valence-electron chi connectivity index (χ1n) is 11.8. The van der Waals surface area contributed by atoms with Crippen LogP contribution in [0.2, 0.25) is 0 Å². The van der Waals surface area contributed by atoms with Crippen molar-refractivity contribution < 1.29 is 4.74 Å². The molecule has 1 aromatic carbocycles. The van der Waals surface area contributed by atoms with Gasteiger partial charge in [0.25, 0.3) is 5.56 Å². The highest BCUT2D eigenvalue weighted by Gasteiger charge is 2.31. The van der Waals surface area contributed by atoms with Crippen LogP contribution in [0.3, 0.4) is 0 Å². The maximum absolute atomic E-state index is 13.7. The minimum atomic E-state index is -0.533. The molecule has 10 nitrogen and oxygen atoms in total. The molecule has 1 atom stereocenters. The van der Waals surface area contributed by atoms with Crippen LogP contribution in [0.5, 0.6) is 5.75 Å². The van der Waals surface area contributed by atoms with Crippen molar-refractivity contribution in [3.8, 4) is 5.75 Å². The predicted molar refractivity (Wildman–Crippen MR) is 132 cm³/mol. The van der Waals surface area contributed by atoms with E-state index >= 15 is 0 Å². The number of para-hydroxylation sites is 1. The van der Waals surface area contributed by atoms with Crippen molar-refractivity contribution in [3.05, 3.63) is 50.7 Å². The molecule has 4 heterocycles. The first-order valence-corrected chi connectivity index (χ1v) is 11.8. The molecule has 1 unspecified atom stereocenters. The van der Waals surface area contributed by atoms with Crippen LogP contribution in [0.1, 0.15) is 39.2 Å². The van der Waals surface area contributed by atoms with Crippen molar-refractivity contribution in [3.63, 3.8) is 0 Å². The lowest BCUT2D eigenvalue weighted by molar-refractivity contribution is 0.420. The Morgan fingerprint density at radius 3 is 2.71 bits per heavy atom. The van der Waals surface area contributed by atoms with Crippen LogP contribution in [-0.4, -0.2) is 43.7 Å². The molecule has 0 bridgehead atoms. The Hall–Kier alpha value is -3.40. The molecular formula is C24H31N7O3. The third-order valence-corrected chi connectivity index (χ3v) is 6.74. The molecule has 2 aliphatic heterocycles. The Kier molecular flexibility index (Phi) is 5.35. The molecule has 1 fully saturated rings. The summed E-state index contributed by atoms with van der Waals surface area (Å²) in [7, 11) is 1.64. The zero-order valence-electron chi connectivity index (χ0n) is 20.1. The van der Waals surface area contributed by atoms with Crippen LogP contribution in [-0.2, 0) is 25.7 Å². The van der Waals surface area contributed by atoms with Crippen molar-refractivity contribution in [2.24, 2.45) is 17.8 Å². The van der Waals surface area contributed by atoms with Gasteiger partial charge in [0.1, 0.15) is 12.3 Å². The number of nitrogens with two attached hydrogens (primary N) is 1. The zero-order valence-corrected chi connectivity index (χ0v) is 20.1. The minimum absolute atomic E-state index is 0.0575. The number of aliphatic imine (C=N–C) groups is 1. The van der Waals surface area contributed by atoms with Gasteiger partial charge in [0.05, 0.1) is 5.54 Å². The number of fused-ring (bicyclic) bond motifs is 2. The van der Waals surface area contributed by atoms with Gasteiger partial charge in [0.2, 0.25) is 11.8 Å². The van der Waals surface area contributed by atoms with Gasteiger partial charge in [0, 0.05) is 38.3 Å². The summed E-state index contributed by atoms with van der Waals surface area (Å²) in [5.41, 5.74) is 6.53. The molecular weight excluding hydrogens is 434 g/mol. The summed E-state index contributed by atoms with van der Waals surface area (Å²) in [6.45, 7) is 7.92. The summed E-state index contributed by atoms with van der Waals surface area (Å²) in [6, 6.07) is 7.74. The van der Waals surface area contributed by atoms with Crippen LogP contribution < -0.4 is 26.6 Å². The zero-order chi connectivity index (χ0) is 24.2. The maximum Gasteiger partial charge on any atom is 0.332 e. The number of anilines is 1. The molecule has 2 aromatic heterocycles. The fraction of sp³-hybridized carbons (Fsp3) is 0.500. The van der Waals surface area contributed by atoms with Gasteiger partial charge in [-0.2, -0.15) is 4.98 Å². The second-order valence-electron chi connectivity index (χ2n) is 9.57. The molecule has 180 valence electrons. The van der Waals surface area contributed by atoms with Crippen LogP contribution >= 0.6 is 0 Å². The van der Waals surface area contributed by atoms with Crippen LogP contribution in [0, 0.1) is 0 Å². The van der Waals surface area contributed by atoms with E-state index in [2.05, 4.69) is 4.90 Å². The van der Waals surface area contributed by atoms with Gasteiger partial charge in [-0.15, -0.1) is 0 Å². The Morgan fingerprint density at radius 1 is 1.21 bits per heavy atom. The number of aryl methyl sites for hydroxylation is 2. The quantitative estimate of drug-likeness (QED) is 0.626. The lowest BCUT2D eigenvalue weighted by Crippen LogP contribution is -2.44. The van der Waals surface area contributed by atoms with E-state index in [1.807, 2.05) is 49.6 Å². The van der Waals surface area contributed by atoms with E-state index in [1.165, 1.54) is 9.13 Å². The van der Waals surface area contributed by atoms with E-state index in [1.54, 1.807) is 7.05 Å². The van der Waals surface area contributed by atoms with Crippen molar-refractivity contribution in [2.75, 3.05) is 18.0 Å². The molecule has 34 heavy (non-hydrogen) atoms. The van der Waals surface area contributed by atoms with Gasteiger partial charge in [0.15, 0.2) is 11.2 Å². The van der Waals surface area contributed by atoms with E-state index < -0.39 is 16.8 Å². The molecule has 3 aromatic rings. The van der Waals surface area contributed by atoms with E-state index in [0.717, 1.165) is 24.9 Å². The van der Waals surface area contributed by atoms with Gasteiger partial charge in [-0.3, -0.25) is 9.36 Å². The fourth-order valence-corrected chi connectivity index (χ4v) is 5.02. The number of hydrogen-bond donors (Lipinski definition) is 1. The molecule has 0 radical (unpaired) electrons. The average Bonchev–Trinajstić information content (AvgIpc) is 3.20. The van der Waals surface area contributed by atoms with Crippen LogP contribution in [0.15, 0.2) is 38.8 Å². The molecule has 1 saturated heterocycles.